The first kappa shape index (κ1) is 26.2. The average molecular weight is 505 g/mol. The topological polar surface area (TPSA) is 67.9 Å². The molecule has 0 spiro atoms. The summed E-state index contributed by atoms with van der Waals surface area (Å²) in [5.41, 5.74) is 2.22. The van der Waals surface area contributed by atoms with Gasteiger partial charge in [-0.15, -0.1) is 0 Å². The van der Waals surface area contributed by atoms with Gasteiger partial charge in [0.15, 0.2) is 11.5 Å². The van der Waals surface area contributed by atoms with Gasteiger partial charge in [0.1, 0.15) is 11.9 Å². The second kappa shape index (κ2) is 12.4. The first-order valence-electron chi connectivity index (χ1n) is 12.7. The van der Waals surface area contributed by atoms with Gasteiger partial charge in [-0.05, 0) is 49.1 Å². The van der Waals surface area contributed by atoms with Gasteiger partial charge in [-0.1, -0.05) is 61.5 Å². The van der Waals surface area contributed by atoms with E-state index in [2.05, 4.69) is 5.32 Å². The summed E-state index contributed by atoms with van der Waals surface area (Å²) in [7, 11) is 0. The first-order valence-corrected chi connectivity index (χ1v) is 12.7. The molecular weight excluding hydrogens is 471 g/mol. The zero-order valence-corrected chi connectivity index (χ0v) is 21.3. The Morgan fingerprint density at radius 1 is 0.973 bits per heavy atom. The fraction of sp³-hybridized carbons (Fsp3) is 0.333. The Hall–Kier alpha value is -3.87. The van der Waals surface area contributed by atoms with E-state index in [0.29, 0.717) is 29.9 Å². The molecule has 37 heavy (non-hydrogen) atoms. The maximum atomic E-state index is 14.7. The lowest BCUT2D eigenvalue weighted by molar-refractivity contribution is -0.141. The van der Waals surface area contributed by atoms with E-state index >= 15 is 0 Å². The SMILES string of the molecule is CC[C@@H](C)NC(=O)[C@H](Cc1ccccc1)N(Cc1ccccc1F)C(=O)CCc1ccc2c(c1)OCO2. The number of nitrogens with zero attached hydrogens (tertiary/aromatic N) is 1. The Balaban J connectivity index is 1.61. The van der Waals surface area contributed by atoms with Gasteiger partial charge < -0.3 is 19.7 Å². The molecule has 0 saturated carbocycles. The third kappa shape index (κ3) is 6.88. The van der Waals surface area contributed by atoms with Crippen LogP contribution in [0.15, 0.2) is 72.8 Å². The van der Waals surface area contributed by atoms with Crippen molar-refractivity contribution in [2.24, 2.45) is 0 Å². The minimum Gasteiger partial charge on any atom is -0.454 e. The Bertz CT molecular complexity index is 1220. The van der Waals surface area contributed by atoms with Crippen LogP contribution in [0.1, 0.15) is 43.4 Å². The molecule has 4 rings (SSSR count). The third-order valence-corrected chi connectivity index (χ3v) is 6.64. The van der Waals surface area contributed by atoms with Crippen molar-refractivity contribution in [3.63, 3.8) is 0 Å². The van der Waals surface area contributed by atoms with E-state index in [1.165, 1.54) is 11.0 Å². The molecule has 0 unspecified atom stereocenters. The number of rotatable bonds is 11. The quantitative estimate of drug-likeness (QED) is 0.397. The molecule has 1 aliphatic rings. The van der Waals surface area contributed by atoms with Crippen LogP contribution < -0.4 is 14.8 Å². The predicted molar refractivity (Wildman–Crippen MR) is 140 cm³/mol. The molecule has 7 heteroatoms. The maximum absolute atomic E-state index is 14.7. The number of amides is 2. The lowest BCUT2D eigenvalue weighted by Gasteiger charge is -2.32. The van der Waals surface area contributed by atoms with Crippen LogP contribution in [0.2, 0.25) is 0 Å². The molecule has 1 N–H and O–H groups in total. The van der Waals surface area contributed by atoms with E-state index in [4.69, 9.17) is 9.47 Å². The number of hydrogen-bond acceptors (Lipinski definition) is 4. The molecule has 1 heterocycles. The van der Waals surface area contributed by atoms with Gasteiger partial charge in [0.2, 0.25) is 18.6 Å². The molecule has 0 saturated heterocycles. The smallest absolute Gasteiger partial charge is 0.243 e. The van der Waals surface area contributed by atoms with E-state index < -0.39 is 11.9 Å². The van der Waals surface area contributed by atoms with Gasteiger partial charge in [0, 0.05) is 31.0 Å². The number of carbonyl (C=O) groups is 2. The van der Waals surface area contributed by atoms with Gasteiger partial charge in [0.05, 0.1) is 0 Å². The van der Waals surface area contributed by atoms with Crippen molar-refractivity contribution < 1.29 is 23.5 Å². The minimum absolute atomic E-state index is 0.00191. The third-order valence-electron chi connectivity index (χ3n) is 6.64. The van der Waals surface area contributed by atoms with Gasteiger partial charge >= 0.3 is 0 Å². The number of hydrogen-bond donors (Lipinski definition) is 1. The van der Waals surface area contributed by atoms with Crippen molar-refractivity contribution in [2.45, 2.75) is 58.2 Å². The summed E-state index contributed by atoms with van der Waals surface area (Å²) < 4.78 is 25.5. The molecule has 0 radical (unpaired) electrons. The van der Waals surface area contributed by atoms with Gasteiger partial charge in [-0.2, -0.15) is 0 Å². The zero-order valence-electron chi connectivity index (χ0n) is 21.3. The van der Waals surface area contributed by atoms with Crippen molar-refractivity contribution in [3.8, 4) is 11.5 Å². The molecule has 2 atom stereocenters. The second-order valence-electron chi connectivity index (χ2n) is 9.32. The molecule has 0 fully saturated rings. The van der Waals surface area contributed by atoms with Crippen LogP contribution in [-0.4, -0.2) is 35.6 Å². The lowest BCUT2D eigenvalue weighted by Crippen LogP contribution is -2.52. The second-order valence-corrected chi connectivity index (χ2v) is 9.32. The number of aryl methyl sites for hydroxylation is 1. The van der Waals surface area contributed by atoms with E-state index in [1.54, 1.807) is 18.2 Å². The standard InChI is InChI=1S/C30H33FN2O4/c1-3-21(2)32-30(35)26(17-22-9-5-4-6-10-22)33(19-24-11-7-8-12-25(24)31)29(34)16-14-23-13-15-27-28(18-23)37-20-36-27/h4-13,15,18,21,26H,3,14,16-17,19-20H2,1-2H3,(H,32,35)/t21-,26+/m1/s1. The fourth-order valence-corrected chi connectivity index (χ4v) is 4.30. The molecule has 0 aliphatic carbocycles. The molecule has 0 aromatic heterocycles. The van der Waals surface area contributed by atoms with Crippen LogP contribution >= 0.6 is 0 Å². The monoisotopic (exact) mass is 504 g/mol. The summed E-state index contributed by atoms with van der Waals surface area (Å²) in [5.74, 6) is 0.466. The predicted octanol–water partition coefficient (Wildman–Crippen LogP) is 5.04. The Labute approximate surface area is 217 Å². The number of halogens is 1. The van der Waals surface area contributed by atoms with Crippen molar-refractivity contribution in [3.05, 3.63) is 95.3 Å². The molecule has 1 aliphatic heterocycles. The van der Waals surface area contributed by atoms with Crippen LogP contribution in [0.4, 0.5) is 4.39 Å². The highest BCUT2D eigenvalue weighted by atomic mass is 19.1. The normalized spacial score (nSPS) is 13.6. The largest absolute Gasteiger partial charge is 0.454 e. The van der Waals surface area contributed by atoms with Crippen molar-refractivity contribution >= 4 is 11.8 Å². The molecule has 6 nitrogen and oxygen atoms in total. The molecule has 3 aromatic carbocycles. The molecular formula is C30H33FN2O4. The maximum Gasteiger partial charge on any atom is 0.243 e. The number of carbonyl (C=O) groups excluding carboxylic acids is 2. The highest BCUT2D eigenvalue weighted by Crippen LogP contribution is 2.33. The van der Waals surface area contributed by atoms with E-state index in [0.717, 1.165) is 17.5 Å². The number of ether oxygens (including phenoxy) is 2. The van der Waals surface area contributed by atoms with Crippen LogP contribution in [0.3, 0.4) is 0 Å². The first-order chi connectivity index (χ1) is 17.9. The lowest BCUT2D eigenvalue weighted by atomic mass is 10.0. The van der Waals surface area contributed by atoms with Crippen LogP contribution in [0, 0.1) is 5.82 Å². The van der Waals surface area contributed by atoms with Crippen molar-refractivity contribution in [2.75, 3.05) is 6.79 Å². The van der Waals surface area contributed by atoms with Crippen LogP contribution in [0.5, 0.6) is 11.5 Å². The van der Waals surface area contributed by atoms with Crippen LogP contribution in [0.25, 0.3) is 0 Å². The Morgan fingerprint density at radius 3 is 2.46 bits per heavy atom. The fourth-order valence-electron chi connectivity index (χ4n) is 4.30. The van der Waals surface area contributed by atoms with E-state index in [1.807, 2.05) is 62.4 Å². The zero-order chi connectivity index (χ0) is 26.2. The molecule has 3 aromatic rings. The summed E-state index contributed by atoms with van der Waals surface area (Å²) in [4.78, 5) is 28.8. The van der Waals surface area contributed by atoms with Gasteiger partial charge in [-0.3, -0.25) is 9.59 Å². The number of fused-ring (bicyclic) bond motifs is 1. The van der Waals surface area contributed by atoms with Gasteiger partial charge in [0.25, 0.3) is 0 Å². The highest BCUT2D eigenvalue weighted by molar-refractivity contribution is 5.88. The summed E-state index contributed by atoms with van der Waals surface area (Å²) in [6.07, 6.45) is 1.70. The van der Waals surface area contributed by atoms with Gasteiger partial charge in [-0.25, -0.2) is 4.39 Å². The van der Waals surface area contributed by atoms with E-state index in [-0.39, 0.29) is 37.6 Å². The molecule has 194 valence electrons. The highest BCUT2D eigenvalue weighted by Gasteiger charge is 2.31. The molecule has 0 bridgehead atoms. The Kier molecular flexibility index (Phi) is 8.77. The Morgan fingerprint density at radius 2 is 1.70 bits per heavy atom. The van der Waals surface area contributed by atoms with Crippen molar-refractivity contribution in [1.29, 1.82) is 0 Å². The minimum atomic E-state index is -0.791. The number of nitrogens with one attached hydrogen (secondary N) is 1. The summed E-state index contributed by atoms with van der Waals surface area (Å²) in [6, 6.07) is 20.7. The van der Waals surface area contributed by atoms with E-state index in [9.17, 15) is 14.0 Å². The summed E-state index contributed by atoms with van der Waals surface area (Å²) >= 11 is 0. The number of benzene rings is 3. The van der Waals surface area contributed by atoms with Crippen molar-refractivity contribution in [1.82, 2.24) is 10.2 Å². The summed E-state index contributed by atoms with van der Waals surface area (Å²) in [5, 5.41) is 3.03. The average Bonchev–Trinajstić information content (AvgIpc) is 3.38. The summed E-state index contributed by atoms with van der Waals surface area (Å²) in [6.45, 7) is 4.10. The van der Waals surface area contributed by atoms with Crippen LogP contribution in [-0.2, 0) is 29.0 Å². The molecule has 2 amide bonds.